The third-order valence-corrected chi connectivity index (χ3v) is 2.26. The van der Waals surface area contributed by atoms with Crippen molar-refractivity contribution in [3.8, 4) is 5.69 Å². The van der Waals surface area contributed by atoms with E-state index >= 15 is 0 Å². The summed E-state index contributed by atoms with van der Waals surface area (Å²) in [5.74, 6) is 0.501. The van der Waals surface area contributed by atoms with Crippen molar-refractivity contribution in [3.63, 3.8) is 0 Å². The van der Waals surface area contributed by atoms with E-state index in [0.29, 0.717) is 11.4 Å². The Hall–Kier alpha value is -1.26. The molecule has 0 amide bonds. The topological polar surface area (TPSA) is 43.8 Å². The van der Waals surface area contributed by atoms with Crippen molar-refractivity contribution >= 4 is 30.5 Å². The van der Waals surface area contributed by atoms with Crippen molar-refractivity contribution in [3.05, 3.63) is 42.2 Å². The van der Waals surface area contributed by atoms with Crippen LogP contribution in [0.5, 0.6) is 0 Å². The molecule has 0 atom stereocenters. The van der Waals surface area contributed by atoms with Crippen LogP contribution in [0.2, 0.25) is 0 Å². The zero-order valence-electron chi connectivity index (χ0n) is 9.26. The average Bonchev–Trinajstić information content (AvgIpc) is 2.65. The molecule has 0 radical (unpaired) electrons. The van der Waals surface area contributed by atoms with Crippen LogP contribution in [-0.4, -0.2) is 9.55 Å². The first kappa shape index (κ1) is 15.7. The SMILES string of the molecule is CCc1nccn1-c1ccc(N)cc1F.Cl.Cl. The highest BCUT2D eigenvalue weighted by atomic mass is 35.5. The molecule has 6 heteroatoms. The van der Waals surface area contributed by atoms with Gasteiger partial charge in [-0.1, -0.05) is 6.92 Å². The van der Waals surface area contributed by atoms with Crippen molar-refractivity contribution in [2.45, 2.75) is 13.3 Å². The number of imidazole rings is 1. The molecule has 0 saturated carbocycles. The van der Waals surface area contributed by atoms with Crippen LogP contribution < -0.4 is 5.73 Å². The van der Waals surface area contributed by atoms with E-state index in [4.69, 9.17) is 5.73 Å². The minimum atomic E-state index is -0.331. The summed E-state index contributed by atoms with van der Waals surface area (Å²) in [5, 5.41) is 0. The van der Waals surface area contributed by atoms with E-state index in [-0.39, 0.29) is 30.6 Å². The summed E-state index contributed by atoms with van der Waals surface area (Å²) < 4.78 is 15.3. The van der Waals surface area contributed by atoms with Crippen molar-refractivity contribution < 1.29 is 4.39 Å². The normalized spacial score (nSPS) is 9.29. The monoisotopic (exact) mass is 277 g/mol. The second kappa shape index (κ2) is 6.47. The maximum atomic E-state index is 13.6. The third kappa shape index (κ3) is 3.11. The lowest BCUT2D eigenvalue weighted by atomic mass is 10.2. The molecule has 3 nitrogen and oxygen atoms in total. The van der Waals surface area contributed by atoms with Gasteiger partial charge in [-0.3, -0.25) is 0 Å². The summed E-state index contributed by atoms with van der Waals surface area (Å²) in [6.45, 7) is 1.98. The Morgan fingerprint density at radius 1 is 1.35 bits per heavy atom. The Bertz CT molecular complexity index is 485. The number of rotatable bonds is 2. The predicted octanol–water partition coefficient (Wildman–Crippen LogP) is 3.00. The Labute approximate surface area is 112 Å². The molecule has 0 bridgehead atoms. The van der Waals surface area contributed by atoms with E-state index < -0.39 is 0 Å². The summed E-state index contributed by atoms with van der Waals surface area (Å²) in [7, 11) is 0. The molecule has 2 N–H and O–H groups in total. The van der Waals surface area contributed by atoms with E-state index in [1.54, 1.807) is 29.1 Å². The van der Waals surface area contributed by atoms with Gasteiger partial charge in [0.1, 0.15) is 11.6 Å². The minimum Gasteiger partial charge on any atom is -0.399 e. The number of nitrogens with two attached hydrogens (primary N) is 1. The standard InChI is InChI=1S/C11H12FN3.2ClH/c1-2-11-14-5-6-15(11)10-4-3-8(13)7-9(10)12;;/h3-7H,2,13H2,1H3;2*1H. The first-order chi connectivity index (χ1) is 7.22. The fourth-order valence-electron chi connectivity index (χ4n) is 1.53. The number of anilines is 1. The zero-order chi connectivity index (χ0) is 10.8. The first-order valence-corrected chi connectivity index (χ1v) is 4.80. The molecular weight excluding hydrogens is 264 g/mol. The molecule has 94 valence electrons. The zero-order valence-corrected chi connectivity index (χ0v) is 10.9. The van der Waals surface area contributed by atoms with Crippen molar-refractivity contribution in [2.24, 2.45) is 0 Å². The van der Waals surface area contributed by atoms with E-state index in [9.17, 15) is 4.39 Å². The first-order valence-electron chi connectivity index (χ1n) is 4.80. The van der Waals surface area contributed by atoms with Gasteiger partial charge in [-0.05, 0) is 18.2 Å². The second-order valence-electron chi connectivity index (χ2n) is 3.28. The van der Waals surface area contributed by atoms with Crippen LogP contribution >= 0.6 is 24.8 Å². The van der Waals surface area contributed by atoms with Crippen LogP contribution in [0.3, 0.4) is 0 Å². The summed E-state index contributed by atoms with van der Waals surface area (Å²) >= 11 is 0. The molecule has 0 fully saturated rings. The van der Waals surface area contributed by atoms with Gasteiger partial charge in [0.2, 0.25) is 0 Å². The fraction of sp³-hybridized carbons (Fsp3) is 0.182. The van der Waals surface area contributed by atoms with Crippen molar-refractivity contribution in [1.29, 1.82) is 0 Å². The molecule has 17 heavy (non-hydrogen) atoms. The van der Waals surface area contributed by atoms with Crippen molar-refractivity contribution in [1.82, 2.24) is 9.55 Å². The summed E-state index contributed by atoms with van der Waals surface area (Å²) in [6, 6.07) is 4.65. The predicted molar refractivity (Wildman–Crippen MR) is 71.8 cm³/mol. The molecule has 0 aliphatic rings. The lowest BCUT2D eigenvalue weighted by Crippen LogP contribution is -2.02. The Balaban J connectivity index is 0.00000128. The summed E-state index contributed by atoms with van der Waals surface area (Å²) in [5.41, 5.74) is 6.40. The minimum absolute atomic E-state index is 0. The highest BCUT2D eigenvalue weighted by Crippen LogP contribution is 2.17. The van der Waals surface area contributed by atoms with Gasteiger partial charge in [-0.2, -0.15) is 0 Å². The maximum absolute atomic E-state index is 13.6. The number of nitrogen functional groups attached to an aromatic ring is 1. The van der Waals surface area contributed by atoms with Gasteiger partial charge in [0.25, 0.3) is 0 Å². The molecule has 0 aliphatic carbocycles. The lowest BCUT2D eigenvalue weighted by Gasteiger charge is -2.07. The van der Waals surface area contributed by atoms with Crippen molar-refractivity contribution in [2.75, 3.05) is 5.73 Å². The van der Waals surface area contributed by atoms with Crippen LogP contribution in [-0.2, 0) is 6.42 Å². The number of benzene rings is 1. The van der Waals surface area contributed by atoms with Gasteiger partial charge < -0.3 is 10.3 Å². The molecule has 1 heterocycles. The van der Waals surface area contributed by atoms with E-state index in [1.807, 2.05) is 6.92 Å². The van der Waals surface area contributed by atoms with Gasteiger partial charge in [-0.15, -0.1) is 24.8 Å². The van der Waals surface area contributed by atoms with Crippen LogP contribution in [0.4, 0.5) is 10.1 Å². The molecular formula is C11H14Cl2FN3. The number of halogens is 3. The average molecular weight is 278 g/mol. The molecule has 1 aromatic carbocycles. The summed E-state index contributed by atoms with van der Waals surface area (Å²) in [4.78, 5) is 4.14. The Kier molecular flexibility index (Phi) is 5.99. The highest BCUT2D eigenvalue weighted by molar-refractivity contribution is 5.85. The van der Waals surface area contributed by atoms with Crippen LogP contribution in [0, 0.1) is 5.82 Å². The molecule has 2 rings (SSSR count). The van der Waals surface area contributed by atoms with Gasteiger partial charge in [0, 0.05) is 24.5 Å². The Morgan fingerprint density at radius 3 is 2.65 bits per heavy atom. The van der Waals surface area contributed by atoms with Gasteiger partial charge in [0.15, 0.2) is 0 Å². The molecule has 2 aromatic rings. The third-order valence-electron chi connectivity index (χ3n) is 2.26. The van der Waals surface area contributed by atoms with Crippen LogP contribution in [0.15, 0.2) is 30.6 Å². The van der Waals surface area contributed by atoms with Crippen LogP contribution in [0.25, 0.3) is 5.69 Å². The number of aryl methyl sites for hydroxylation is 1. The Morgan fingerprint density at radius 2 is 2.06 bits per heavy atom. The molecule has 0 saturated heterocycles. The molecule has 0 spiro atoms. The summed E-state index contributed by atoms with van der Waals surface area (Å²) in [6.07, 6.45) is 4.17. The number of aromatic nitrogens is 2. The fourth-order valence-corrected chi connectivity index (χ4v) is 1.53. The van der Waals surface area contributed by atoms with E-state index in [2.05, 4.69) is 4.98 Å². The number of nitrogens with zero attached hydrogens (tertiary/aromatic N) is 2. The molecule has 1 aromatic heterocycles. The van der Waals surface area contributed by atoms with Gasteiger partial charge in [0.05, 0.1) is 5.69 Å². The van der Waals surface area contributed by atoms with Gasteiger partial charge >= 0.3 is 0 Å². The number of hydrogen-bond acceptors (Lipinski definition) is 2. The lowest BCUT2D eigenvalue weighted by molar-refractivity contribution is 0.616. The molecule has 0 unspecified atom stereocenters. The highest BCUT2D eigenvalue weighted by Gasteiger charge is 2.07. The largest absolute Gasteiger partial charge is 0.399 e. The van der Waals surface area contributed by atoms with Crippen LogP contribution in [0.1, 0.15) is 12.7 Å². The maximum Gasteiger partial charge on any atom is 0.149 e. The van der Waals surface area contributed by atoms with E-state index in [0.717, 1.165) is 12.2 Å². The van der Waals surface area contributed by atoms with Gasteiger partial charge in [-0.25, -0.2) is 9.37 Å². The molecule has 0 aliphatic heterocycles. The number of hydrogen-bond donors (Lipinski definition) is 1. The smallest absolute Gasteiger partial charge is 0.149 e. The second-order valence-corrected chi connectivity index (χ2v) is 3.28. The van der Waals surface area contributed by atoms with E-state index in [1.165, 1.54) is 6.07 Å². The quantitative estimate of drug-likeness (QED) is 0.858.